The molecular formula is C12H18N2O2S. The van der Waals surface area contributed by atoms with E-state index >= 15 is 0 Å². The number of aromatic nitrogens is 1. The minimum atomic E-state index is -0.149. The molecule has 0 aromatic carbocycles. The summed E-state index contributed by atoms with van der Waals surface area (Å²) < 4.78 is 4.88. The molecule has 1 aliphatic carbocycles. The van der Waals surface area contributed by atoms with Crippen molar-refractivity contribution in [3.05, 3.63) is 11.1 Å². The van der Waals surface area contributed by atoms with Crippen molar-refractivity contribution >= 4 is 22.4 Å². The van der Waals surface area contributed by atoms with Gasteiger partial charge >= 0.3 is 5.97 Å². The Morgan fingerprint density at radius 3 is 3.06 bits per heavy atom. The molecule has 1 N–H and O–H groups in total. The molecule has 0 radical (unpaired) electrons. The molecule has 0 spiro atoms. The van der Waals surface area contributed by atoms with Gasteiger partial charge in [-0.25, -0.2) is 4.98 Å². The molecule has 0 bridgehead atoms. The van der Waals surface area contributed by atoms with Crippen LogP contribution in [-0.4, -0.2) is 23.1 Å². The monoisotopic (exact) mass is 254 g/mol. The summed E-state index contributed by atoms with van der Waals surface area (Å²) in [5.74, 6) is -0.149. The van der Waals surface area contributed by atoms with Crippen LogP contribution in [0.5, 0.6) is 0 Å². The van der Waals surface area contributed by atoms with Crippen LogP contribution in [0, 0.1) is 0 Å². The number of hydrogen-bond acceptors (Lipinski definition) is 5. The molecule has 0 amide bonds. The van der Waals surface area contributed by atoms with Gasteiger partial charge in [-0.05, 0) is 26.7 Å². The number of carbonyl (C=O) groups excluding carboxylic acids is 1. The first-order valence-electron chi connectivity index (χ1n) is 5.99. The summed E-state index contributed by atoms with van der Waals surface area (Å²) in [6, 6.07) is 0. The van der Waals surface area contributed by atoms with Crippen molar-refractivity contribution in [3.63, 3.8) is 0 Å². The smallest absolute Gasteiger partial charge is 0.306 e. The van der Waals surface area contributed by atoms with Gasteiger partial charge in [-0.1, -0.05) is 0 Å². The van der Waals surface area contributed by atoms with Crippen LogP contribution in [0.2, 0.25) is 0 Å². The Morgan fingerprint density at radius 2 is 2.41 bits per heavy atom. The summed E-state index contributed by atoms with van der Waals surface area (Å²) >= 11 is 1.61. The van der Waals surface area contributed by atoms with Crippen LogP contribution in [0.4, 0.5) is 5.13 Å². The molecule has 1 fully saturated rings. The maximum absolute atomic E-state index is 11.2. The summed E-state index contributed by atoms with van der Waals surface area (Å²) in [4.78, 5) is 15.7. The zero-order valence-electron chi connectivity index (χ0n) is 10.3. The third-order valence-corrected chi connectivity index (χ3v) is 3.66. The first-order valence-corrected chi connectivity index (χ1v) is 6.87. The number of esters is 1. The van der Waals surface area contributed by atoms with Gasteiger partial charge in [0, 0.05) is 17.3 Å². The molecular weight excluding hydrogens is 236 g/mol. The van der Waals surface area contributed by atoms with Crippen LogP contribution >= 0.6 is 11.3 Å². The van der Waals surface area contributed by atoms with E-state index in [4.69, 9.17) is 4.74 Å². The number of carbonyl (C=O) groups is 1. The molecule has 0 atom stereocenters. The number of nitrogens with zero attached hydrogens (tertiary/aromatic N) is 1. The van der Waals surface area contributed by atoms with Crippen LogP contribution in [0.3, 0.4) is 0 Å². The standard InChI is InChI=1S/C12H18N2O2S/c1-3-16-10(15)5-4-9-8-17-11(13-9)14-12(2)6-7-12/h8H,3-7H2,1-2H3,(H,13,14). The number of thiazole rings is 1. The lowest BCUT2D eigenvalue weighted by atomic mass is 10.2. The lowest BCUT2D eigenvalue weighted by Crippen LogP contribution is -2.15. The Kier molecular flexibility index (Phi) is 3.66. The van der Waals surface area contributed by atoms with E-state index in [1.54, 1.807) is 11.3 Å². The summed E-state index contributed by atoms with van der Waals surface area (Å²) in [5.41, 5.74) is 1.23. The summed E-state index contributed by atoms with van der Waals surface area (Å²) in [6.45, 7) is 4.47. The SMILES string of the molecule is CCOC(=O)CCc1csc(NC2(C)CC2)n1. The number of hydrogen-bond donors (Lipinski definition) is 1. The Labute approximate surface area is 105 Å². The fourth-order valence-corrected chi connectivity index (χ4v) is 2.41. The van der Waals surface area contributed by atoms with E-state index in [2.05, 4.69) is 17.2 Å². The molecule has 0 unspecified atom stereocenters. The molecule has 5 heteroatoms. The van der Waals surface area contributed by atoms with E-state index in [9.17, 15) is 4.79 Å². The maximum atomic E-state index is 11.2. The lowest BCUT2D eigenvalue weighted by molar-refractivity contribution is -0.143. The third-order valence-electron chi connectivity index (χ3n) is 2.85. The summed E-state index contributed by atoms with van der Waals surface area (Å²) in [5, 5.41) is 6.39. The van der Waals surface area contributed by atoms with E-state index in [1.807, 2.05) is 12.3 Å². The van der Waals surface area contributed by atoms with Crippen LogP contribution < -0.4 is 5.32 Å². The van der Waals surface area contributed by atoms with Gasteiger partial charge in [-0.3, -0.25) is 4.79 Å². The second-order valence-corrected chi connectivity index (χ2v) is 5.49. The molecule has 1 heterocycles. The van der Waals surface area contributed by atoms with Crippen molar-refractivity contribution in [2.24, 2.45) is 0 Å². The fourth-order valence-electron chi connectivity index (χ4n) is 1.51. The zero-order valence-corrected chi connectivity index (χ0v) is 11.1. The van der Waals surface area contributed by atoms with Gasteiger partial charge in [0.15, 0.2) is 5.13 Å². The summed E-state index contributed by atoms with van der Waals surface area (Å²) in [6.07, 6.45) is 3.50. The van der Waals surface area contributed by atoms with Crippen molar-refractivity contribution in [1.82, 2.24) is 4.98 Å². The van der Waals surface area contributed by atoms with Crippen molar-refractivity contribution in [1.29, 1.82) is 0 Å². The Balaban J connectivity index is 1.79. The molecule has 0 saturated heterocycles. The topological polar surface area (TPSA) is 51.2 Å². The molecule has 17 heavy (non-hydrogen) atoms. The first-order chi connectivity index (χ1) is 8.11. The number of rotatable bonds is 6. The van der Waals surface area contributed by atoms with Gasteiger partial charge in [-0.15, -0.1) is 11.3 Å². The minimum absolute atomic E-state index is 0.149. The van der Waals surface area contributed by atoms with Crippen molar-refractivity contribution < 1.29 is 9.53 Å². The minimum Gasteiger partial charge on any atom is -0.466 e. The van der Waals surface area contributed by atoms with Crippen molar-refractivity contribution in [3.8, 4) is 0 Å². The third kappa shape index (κ3) is 3.70. The quantitative estimate of drug-likeness (QED) is 0.793. The van der Waals surface area contributed by atoms with E-state index in [-0.39, 0.29) is 11.5 Å². The second-order valence-electron chi connectivity index (χ2n) is 4.63. The Morgan fingerprint density at radius 1 is 1.65 bits per heavy atom. The highest BCUT2D eigenvalue weighted by molar-refractivity contribution is 7.13. The van der Waals surface area contributed by atoms with Gasteiger partial charge in [0.1, 0.15) is 0 Å². The number of ether oxygens (including phenoxy) is 1. The number of anilines is 1. The molecule has 1 aromatic heterocycles. The van der Waals surface area contributed by atoms with E-state index in [1.165, 1.54) is 12.8 Å². The summed E-state index contributed by atoms with van der Waals surface area (Å²) in [7, 11) is 0. The molecule has 1 aromatic rings. The fraction of sp³-hybridized carbons (Fsp3) is 0.667. The predicted molar refractivity (Wildman–Crippen MR) is 68.3 cm³/mol. The highest BCUT2D eigenvalue weighted by Gasteiger charge is 2.37. The van der Waals surface area contributed by atoms with E-state index in [0.717, 1.165) is 10.8 Å². The van der Waals surface area contributed by atoms with Crippen LogP contribution in [0.1, 0.15) is 38.8 Å². The molecule has 2 rings (SSSR count). The number of aryl methyl sites for hydroxylation is 1. The molecule has 1 aliphatic rings. The Hall–Kier alpha value is -1.10. The van der Waals surface area contributed by atoms with Gasteiger partial charge in [0.25, 0.3) is 0 Å². The molecule has 1 saturated carbocycles. The van der Waals surface area contributed by atoms with Crippen LogP contribution in [0.15, 0.2) is 5.38 Å². The predicted octanol–water partition coefficient (Wildman–Crippen LogP) is 2.60. The highest BCUT2D eigenvalue weighted by Crippen LogP contribution is 2.38. The highest BCUT2D eigenvalue weighted by atomic mass is 32.1. The Bertz CT molecular complexity index is 399. The molecule has 94 valence electrons. The van der Waals surface area contributed by atoms with Gasteiger partial charge in [0.05, 0.1) is 18.7 Å². The van der Waals surface area contributed by atoms with E-state index in [0.29, 0.717) is 19.4 Å². The van der Waals surface area contributed by atoms with Gasteiger partial charge in [-0.2, -0.15) is 0 Å². The largest absolute Gasteiger partial charge is 0.466 e. The average Bonchev–Trinajstić information content (AvgIpc) is 2.84. The van der Waals surface area contributed by atoms with Gasteiger partial charge < -0.3 is 10.1 Å². The lowest BCUT2D eigenvalue weighted by Gasteiger charge is -2.08. The van der Waals surface area contributed by atoms with Crippen molar-refractivity contribution in [2.75, 3.05) is 11.9 Å². The van der Waals surface area contributed by atoms with Gasteiger partial charge in [0.2, 0.25) is 0 Å². The van der Waals surface area contributed by atoms with Crippen molar-refractivity contribution in [2.45, 2.75) is 45.1 Å². The van der Waals surface area contributed by atoms with E-state index < -0.39 is 0 Å². The van der Waals surface area contributed by atoms with Crippen LogP contribution in [0.25, 0.3) is 0 Å². The maximum Gasteiger partial charge on any atom is 0.306 e. The molecule has 4 nitrogen and oxygen atoms in total. The molecule has 0 aliphatic heterocycles. The average molecular weight is 254 g/mol. The zero-order chi connectivity index (χ0) is 12.3. The number of nitrogens with one attached hydrogen (secondary N) is 1. The normalized spacial score (nSPS) is 16.6. The first kappa shape index (κ1) is 12.4. The van der Waals surface area contributed by atoms with Crippen LogP contribution in [-0.2, 0) is 16.0 Å². The second kappa shape index (κ2) is 5.04.